The Labute approximate surface area is 196 Å². The van der Waals surface area contributed by atoms with E-state index < -0.39 is 17.9 Å². The highest BCUT2D eigenvalue weighted by Crippen LogP contribution is 2.31. The predicted octanol–water partition coefficient (Wildman–Crippen LogP) is 5.72. The van der Waals surface area contributed by atoms with Gasteiger partial charge in [-0.15, -0.1) is 0 Å². The van der Waals surface area contributed by atoms with E-state index in [1.165, 1.54) is 32.1 Å². The Hall–Kier alpha value is -2.51. The van der Waals surface area contributed by atoms with Crippen molar-refractivity contribution in [2.75, 3.05) is 6.61 Å². The molecule has 0 spiro atoms. The first-order valence-electron chi connectivity index (χ1n) is 12.0. The molecule has 2 atom stereocenters. The lowest BCUT2D eigenvalue weighted by Gasteiger charge is -2.16. The summed E-state index contributed by atoms with van der Waals surface area (Å²) in [7, 11) is 0. The first-order chi connectivity index (χ1) is 15.9. The predicted molar refractivity (Wildman–Crippen MR) is 126 cm³/mol. The zero-order valence-electron chi connectivity index (χ0n) is 20.2. The van der Waals surface area contributed by atoms with Crippen molar-refractivity contribution in [3.8, 4) is 22.9 Å². The van der Waals surface area contributed by atoms with E-state index >= 15 is 0 Å². The molecule has 0 radical (unpaired) electrons. The maximum absolute atomic E-state index is 12.6. The van der Waals surface area contributed by atoms with Crippen LogP contribution in [0.5, 0.6) is 11.8 Å². The number of unbranched alkanes of at least 4 members (excludes halogenated alkanes) is 5. The van der Waals surface area contributed by atoms with Gasteiger partial charge in [-0.1, -0.05) is 58.1 Å². The number of carbonyl (C=O) groups is 1. The molecule has 1 aromatic carbocycles. The number of carbonyl (C=O) groups excluding carboxylic acids is 1. The highest BCUT2D eigenvalue weighted by Gasteiger charge is 2.45. The van der Waals surface area contributed by atoms with Gasteiger partial charge in [-0.3, -0.25) is 0 Å². The SMILES string of the molecule is CCCCCCCCOc1ncc(-c2ccc(OC(=O)C3OC(C)(C)OC3CC)cc2)cn1. The lowest BCUT2D eigenvalue weighted by atomic mass is 10.1. The van der Waals surface area contributed by atoms with Gasteiger partial charge in [0.2, 0.25) is 0 Å². The van der Waals surface area contributed by atoms with Gasteiger partial charge in [-0.05, 0) is 44.4 Å². The number of ether oxygens (including phenoxy) is 4. The van der Waals surface area contributed by atoms with Crippen LogP contribution in [0.15, 0.2) is 36.7 Å². The van der Waals surface area contributed by atoms with E-state index in [2.05, 4.69) is 16.9 Å². The fraction of sp³-hybridized carbons (Fsp3) is 0.577. The number of rotatable bonds is 12. The second-order valence-electron chi connectivity index (χ2n) is 8.82. The van der Waals surface area contributed by atoms with Crippen LogP contribution in [0.4, 0.5) is 0 Å². The van der Waals surface area contributed by atoms with Crippen LogP contribution in [-0.4, -0.2) is 40.5 Å². The number of nitrogens with zero attached hydrogens (tertiary/aromatic N) is 2. The number of hydrogen-bond donors (Lipinski definition) is 0. The molecule has 33 heavy (non-hydrogen) atoms. The highest BCUT2D eigenvalue weighted by molar-refractivity contribution is 5.78. The minimum atomic E-state index is -0.793. The Balaban J connectivity index is 1.48. The average molecular weight is 457 g/mol. The molecule has 7 nitrogen and oxygen atoms in total. The molecule has 1 aromatic heterocycles. The van der Waals surface area contributed by atoms with Crippen LogP contribution in [0.1, 0.15) is 72.6 Å². The first kappa shape index (κ1) is 25.1. The van der Waals surface area contributed by atoms with Crippen molar-refractivity contribution in [3.05, 3.63) is 36.7 Å². The van der Waals surface area contributed by atoms with Gasteiger partial charge in [0.05, 0.1) is 12.7 Å². The van der Waals surface area contributed by atoms with E-state index in [1.54, 1.807) is 38.4 Å². The molecule has 2 unspecified atom stereocenters. The molecule has 0 aliphatic carbocycles. The van der Waals surface area contributed by atoms with E-state index in [4.69, 9.17) is 18.9 Å². The van der Waals surface area contributed by atoms with Gasteiger partial charge in [0, 0.05) is 18.0 Å². The van der Waals surface area contributed by atoms with Gasteiger partial charge in [0.15, 0.2) is 11.9 Å². The molecule has 1 aliphatic heterocycles. The van der Waals surface area contributed by atoms with Gasteiger partial charge in [-0.2, -0.15) is 0 Å². The summed E-state index contributed by atoms with van der Waals surface area (Å²) in [6.07, 6.45) is 10.4. The largest absolute Gasteiger partial charge is 0.463 e. The smallest absolute Gasteiger partial charge is 0.343 e. The van der Waals surface area contributed by atoms with Crippen LogP contribution in [0.3, 0.4) is 0 Å². The molecule has 0 bridgehead atoms. The zero-order valence-corrected chi connectivity index (χ0v) is 20.2. The number of aromatic nitrogens is 2. The van der Waals surface area contributed by atoms with Gasteiger partial charge in [0.1, 0.15) is 5.75 Å². The lowest BCUT2D eigenvalue weighted by Crippen LogP contribution is -2.34. The second-order valence-corrected chi connectivity index (χ2v) is 8.82. The monoisotopic (exact) mass is 456 g/mol. The molecule has 1 aliphatic rings. The molecule has 2 aromatic rings. The van der Waals surface area contributed by atoms with Crippen molar-refractivity contribution in [2.45, 2.75) is 90.6 Å². The van der Waals surface area contributed by atoms with Crippen molar-refractivity contribution < 1.29 is 23.7 Å². The minimum absolute atomic E-state index is 0.314. The minimum Gasteiger partial charge on any atom is -0.463 e. The average Bonchev–Trinajstić information content (AvgIpc) is 3.14. The fourth-order valence-electron chi connectivity index (χ4n) is 3.81. The second kappa shape index (κ2) is 12.1. The molecular weight excluding hydrogens is 420 g/mol. The Morgan fingerprint density at radius 2 is 1.61 bits per heavy atom. The van der Waals surface area contributed by atoms with Crippen LogP contribution in [0.25, 0.3) is 11.1 Å². The molecule has 1 saturated heterocycles. The van der Waals surface area contributed by atoms with Crippen LogP contribution in [-0.2, 0) is 14.3 Å². The molecule has 2 heterocycles. The molecular formula is C26H36N2O5. The van der Waals surface area contributed by atoms with Crippen LogP contribution in [0, 0.1) is 0 Å². The molecule has 0 amide bonds. The van der Waals surface area contributed by atoms with E-state index in [1.807, 2.05) is 19.1 Å². The van der Waals surface area contributed by atoms with Gasteiger partial charge >= 0.3 is 12.0 Å². The summed E-state index contributed by atoms with van der Waals surface area (Å²) < 4.78 is 22.7. The van der Waals surface area contributed by atoms with Crippen molar-refractivity contribution in [2.24, 2.45) is 0 Å². The Morgan fingerprint density at radius 1 is 0.939 bits per heavy atom. The van der Waals surface area contributed by atoms with Gasteiger partial charge in [-0.25, -0.2) is 14.8 Å². The van der Waals surface area contributed by atoms with Crippen molar-refractivity contribution in [1.82, 2.24) is 9.97 Å². The standard InChI is InChI=1S/C26H36N2O5/c1-5-7-8-9-10-11-16-30-25-27-17-20(18-28-25)19-12-14-21(15-13-19)31-24(29)23-22(6-2)32-26(3,4)33-23/h12-15,17-18,22-23H,5-11,16H2,1-4H3. The van der Waals surface area contributed by atoms with Crippen LogP contribution in [0.2, 0.25) is 0 Å². The van der Waals surface area contributed by atoms with E-state index in [-0.39, 0.29) is 6.10 Å². The normalized spacial score (nSPS) is 19.4. The zero-order chi connectivity index (χ0) is 23.7. The summed E-state index contributed by atoms with van der Waals surface area (Å²) in [5, 5.41) is 0. The molecule has 0 N–H and O–H groups in total. The number of esters is 1. The lowest BCUT2D eigenvalue weighted by molar-refractivity contribution is -0.163. The summed E-state index contributed by atoms with van der Waals surface area (Å²) in [6, 6.07) is 7.62. The Morgan fingerprint density at radius 3 is 2.27 bits per heavy atom. The van der Waals surface area contributed by atoms with Crippen molar-refractivity contribution >= 4 is 5.97 Å². The number of hydrogen-bond acceptors (Lipinski definition) is 7. The maximum Gasteiger partial charge on any atom is 0.343 e. The summed E-state index contributed by atoms with van der Waals surface area (Å²) >= 11 is 0. The van der Waals surface area contributed by atoms with Gasteiger partial charge < -0.3 is 18.9 Å². The third kappa shape index (κ3) is 7.51. The molecule has 0 saturated carbocycles. The molecule has 180 valence electrons. The van der Waals surface area contributed by atoms with Crippen molar-refractivity contribution in [3.63, 3.8) is 0 Å². The van der Waals surface area contributed by atoms with Gasteiger partial charge in [0.25, 0.3) is 0 Å². The quantitative estimate of drug-likeness (QED) is 0.230. The fourth-order valence-corrected chi connectivity index (χ4v) is 3.81. The summed E-state index contributed by atoms with van der Waals surface area (Å²) in [5.74, 6) is -0.791. The Bertz CT molecular complexity index is 867. The topological polar surface area (TPSA) is 79.8 Å². The van der Waals surface area contributed by atoms with E-state index in [0.717, 1.165) is 17.5 Å². The van der Waals surface area contributed by atoms with Crippen molar-refractivity contribution in [1.29, 1.82) is 0 Å². The summed E-state index contributed by atoms with van der Waals surface area (Å²) in [4.78, 5) is 21.2. The molecule has 3 rings (SSSR count). The van der Waals surface area contributed by atoms with Crippen LogP contribution < -0.4 is 9.47 Å². The van der Waals surface area contributed by atoms with E-state index in [9.17, 15) is 4.79 Å². The summed E-state index contributed by atoms with van der Waals surface area (Å²) in [6.45, 7) is 8.40. The first-order valence-corrected chi connectivity index (χ1v) is 12.0. The maximum atomic E-state index is 12.6. The molecule has 1 fully saturated rings. The third-order valence-electron chi connectivity index (χ3n) is 5.58. The van der Waals surface area contributed by atoms with E-state index in [0.29, 0.717) is 24.8 Å². The highest BCUT2D eigenvalue weighted by atomic mass is 16.8. The van der Waals surface area contributed by atoms with Crippen LogP contribution >= 0.6 is 0 Å². The Kier molecular flexibility index (Phi) is 9.21. The third-order valence-corrected chi connectivity index (χ3v) is 5.58. The number of benzene rings is 1. The molecule has 7 heteroatoms. The summed E-state index contributed by atoms with van der Waals surface area (Å²) in [5.41, 5.74) is 1.78.